The maximum atomic E-state index is 10.0. The summed E-state index contributed by atoms with van der Waals surface area (Å²) in [5.41, 5.74) is 2.38. The Labute approximate surface area is 72.7 Å². The highest BCUT2D eigenvalue weighted by molar-refractivity contribution is 5.73. The lowest BCUT2D eigenvalue weighted by Crippen LogP contribution is -1.80. The van der Waals surface area contributed by atoms with Crippen LogP contribution in [0.15, 0.2) is 30.3 Å². The summed E-state index contributed by atoms with van der Waals surface area (Å²) < 4.78 is 0. The third-order valence-corrected chi connectivity index (χ3v) is 1.73. The lowest BCUT2D eigenvalue weighted by atomic mass is 10.1. The molecule has 1 aromatic carbocycles. The van der Waals surface area contributed by atoms with E-state index in [9.17, 15) is 4.79 Å². The maximum Gasteiger partial charge on any atom is 0.142 e. The van der Waals surface area contributed by atoms with Crippen LogP contribution in [0.2, 0.25) is 0 Å². The number of carbonyl (C=O) groups is 1. The second-order valence-electron chi connectivity index (χ2n) is 2.59. The van der Waals surface area contributed by atoms with Gasteiger partial charge < -0.3 is 0 Å². The van der Waals surface area contributed by atoms with Crippen LogP contribution in [-0.4, -0.2) is 6.29 Å². The molecule has 0 unspecified atom stereocenters. The molecule has 0 atom stereocenters. The molecule has 1 aromatic rings. The van der Waals surface area contributed by atoms with Gasteiger partial charge in [0.1, 0.15) is 6.29 Å². The van der Waals surface area contributed by atoms with Gasteiger partial charge in [-0.25, -0.2) is 0 Å². The molecule has 0 radical (unpaired) electrons. The fourth-order valence-corrected chi connectivity index (χ4v) is 1.07. The van der Waals surface area contributed by atoms with Crippen molar-refractivity contribution >= 4 is 12.4 Å². The van der Waals surface area contributed by atoms with E-state index in [0.29, 0.717) is 0 Å². The topological polar surface area (TPSA) is 17.1 Å². The number of allylic oxidation sites excluding steroid dienone is 1. The predicted octanol–water partition coefficient (Wildman–Crippen LogP) is 2.46. The van der Waals surface area contributed by atoms with Crippen LogP contribution in [0.4, 0.5) is 0 Å². The number of carbonyl (C=O) groups excluding carboxylic acids is 1. The summed E-state index contributed by atoms with van der Waals surface area (Å²) in [4.78, 5) is 10.0. The summed E-state index contributed by atoms with van der Waals surface area (Å²) in [6, 6.07) is 8.15. The van der Waals surface area contributed by atoms with Gasteiger partial charge in [-0.15, -0.1) is 0 Å². The third-order valence-electron chi connectivity index (χ3n) is 1.73. The quantitative estimate of drug-likeness (QED) is 0.490. The minimum Gasteiger partial charge on any atom is -0.299 e. The Bertz CT molecular complexity index is 287. The molecule has 1 rings (SSSR count). The molecular formula is C11H12O. The van der Waals surface area contributed by atoms with E-state index < -0.39 is 0 Å². The third kappa shape index (κ3) is 2.35. The minimum absolute atomic E-state index is 0.790. The van der Waals surface area contributed by atoms with Crippen LogP contribution < -0.4 is 0 Å². The van der Waals surface area contributed by atoms with Gasteiger partial charge in [-0.3, -0.25) is 4.79 Å². The van der Waals surface area contributed by atoms with Crippen LogP contribution in [-0.2, 0) is 11.2 Å². The lowest BCUT2D eigenvalue weighted by molar-refractivity contribution is -0.104. The molecule has 0 aromatic heterocycles. The van der Waals surface area contributed by atoms with Crippen molar-refractivity contribution in [2.75, 3.05) is 0 Å². The van der Waals surface area contributed by atoms with Gasteiger partial charge >= 0.3 is 0 Å². The second kappa shape index (κ2) is 4.50. The first-order valence-electron chi connectivity index (χ1n) is 4.07. The summed E-state index contributed by atoms with van der Waals surface area (Å²) >= 11 is 0. The average Bonchev–Trinajstić information content (AvgIpc) is 2.15. The molecule has 0 saturated carbocycles. The number of hydrogen-bond acceptors (Lipinski definition) is 1. The number of aryl methyl sites for hydroxylation is 1. The molecule has 1 heteroatoms. The highest BCUT2D eigenvalue weighted by Crippen LogP contribution is 2.06. The summed E-state index contributed by atoms with van der Waals surface area (Å²) in [7, 11) is 0. The normalized spacial score (nSPS) is 10.4. The molecule has 0 bridgehead atoms. The molecule has 0 saturated heterocycles. The fraction of sp³-hybridized carbons (Fsp3) is 0.182. The molecule has 62 valence electrons. The number of rotatable bonds is 3. The number of aldehydes is 1. The first-order valence-corrected chi connectivity index (χ1v) is 4.07. The van der Waals surface area contributed by atoms with Gasteiger partial charge in [-0.05, 0) is 23.6 Å². The highest BCUT2D eigenvalue weighted by Gasteiger charge is 1.88. The SMILES string of the molecule is CCc1cccc(C=CC=O)c1. The summed E-state index contributed by atoms with van der Waals surface area (Å²) in [6.07, 6.45) is 5.14. The molecule has 0 aliphatic carbocycles. The summed E-state index contributed by atoms with van der Waals surface area (Å²) in [5, 5.41) is 0. The molecule has 12 heavy (non-hydrogen) atoms. The van der Waals surface area contributed by atoms with Crippen molar-refractivity contribution < 1.29 is 4.79 Å². The Morgan fingerprint density at radius 2 is 2.25 bits per heavy atom. The largest absolute Gasteiger partial charge is 0.299 e. The fourth-order valence-electron chi connectivity index (χ4n) is 1.07. The monoisotopic (exact) mass is 160 g/mol. The van der Waals surface area contributed by atoms with Crippen molar-refractivity contribution in [2.45, 2.75) is 13.3 Å². The van der Waals surface area contributed by atoms with Crippen molar-refractivity contribution in [2.24, 2.45) is 0 Å². The lowest BCUT2D eigenvalue weighted by Gasteiger charge is -1.96. The van der Waals surface area contributed by atoms with Gasteiger partial charge in [0.05, 0.1) is 0 Å². The second-order valence-corrected chi connectivity index (χ2v) is 2.59. The zero-order valence-electron chi connectivity index (χ0n) is 7.16. The van der Waals surface area contributed by atoms with Crippen molar-refractivity contribution in [3.63, 3.8) is 0 Å². The van der Waals surface area contributed by atoms with E-state index in [1.54, 1.807) is 0 Å². The standard InChI is InChI=1S/C11H12O/c1-2-10-5-3-6-11(9-10)7-4-8-12/h3-9H,2H2,1H3. The number of benzene rings is 1. The summed E-state index contributed by atoms with van der Waals surface area (Å²) in [5.74, 6) is 0. The molecule has 0 fully saturated rings. The van der Waals surface area contributed by atoms with Crippen molar-refractivity contribution in [1.82, 2.24) is 0 Å². The van der Waals surface area contributed by atoms with E-state index in [0.717, 1.165) is 18.3 Å². The molecule has 0 aliphatic rings. The van der Waals surface area contributed by atoms with E-state index in [4.69, 9.17) is 0 Å². The van der Waals surface area contributed by atoms with Crippen LogP contribution in [0, 0.1) is 0 Å². The zero-order chi connectivity index (χ0) is 8.81. The Morgan fingerprint density at radius 1 is 1.42 bits per heavy atom. The average molecular weight is 160 g/mol. The molecule has 0 aliphatic heterocycles. The van der Waals surface area contributed by atoms with E-state index in [1.165, 1.54) is 11.6 Å². The first-order chi connectivity index (χ1) is 5.86. The maximum absolute atomic E-state index is 10.0. The molecule has 0 N–H and O–H groups in total. The number of hydrogen-bond donors (Lipinski definition) is 0. The van der Waals surface area contributed by atoms with Crippen LogP contribution in [0.25, 0.3) is 6.08 Å². The summed E-state index contributed by atoms with van der Waals surface area (Å²) in [6.45, 7) is 2.11. The smallest absolute Gasteiger partial charge is 0.142 e. The Kier molecular flexibility index (Phi) is 3.27. The highest BCUT2D eigenvalue weighted by atomic mass is 16.1. The van der Waals surface area contributed by atoms with E-state index >= 15 is 0 Å². The first kappa shape index (κ1) is 8.72. The van der Waals surface area contributed by atoms with Gasteiger partial charge in [-0.2, -0.15) is 0 Å². The Hall–Kier alpha value is -1.37. The molecule has 1 nitrogen and oxygen atoms in total. The van der Waals surface area contributed by atoms with Gasteiger partial charge in [0, 0.05) is 0 Å². The zero-order valence-corrected chi connectivity index (χ0v) is 7.16. The predicted molar refractivity (Wildman–Crippen MR) is 50.9 cm³/mol. The minimum atomic E-state index is 0.790. The van der Waals surface area contributed by atoms with E-state index in [2.05, 4.69) is 19.1 Å². The van der Waals surface area contributed by atoms with Gasteiger partial charge in [0.25, 0.3) is 0 Å². The molecular weight excluding hydrogens is 148 g/mol. The Morgan fingerprint density at radius 3 is 2.92 bits per heavy atom. The van der Waals surface area contributed by atoms with Crippen molar-refractivity contribution in [3.05, 3.63) is 41.5 Å². The van der Waals surface area contributed by atoms with Gasteiger partial charge in [-0.1, -0.05) is 37.3 Å². The van der Waals surface area contributed by atoms with Gasteiger partial charge in [0.15, 0.2) is 0 Å². The van der Waals surface area contributed by atoms with Gasteiger partial charge in [0.2, 0.25) is 0 Å². The van der Waals surface area contributed by atoms with Crippen LogP contribution in [0.1, 0.15) is 18.1 Å². The van der Waals surface area contributed by atoms with Crippen molar-refractivity contribution in [3.8, 4) is 0 Å². The van der Waals surface area contributed by atoms with Crippen molar-refractivity contribution in [1.29, 1.82) is 0 Å². The molecule has 0 heterocycles. The van der Waals surface area contributed by atoms with E-state index in [-0.39, 0.29) is 0 Å². The Balaban J connectivity index is 2.86. The van der Waals surface area contributed by atoms with E-state index in [1.807, 2.05) is 18.2 Å². The van der Waals surface area contributed by atoms with Crippen LogP contribution >= 0.6 is 0 Å². The van der Waals surface area contributed by atoms with Crippen LogP contribution in [0.5, 0.6) is 0 Å². The molecule has 0 spiro atoms. The van der Waals surface area contributed by atoms with Crippen LogP contribution in [0.3, 0.4) is 0 Å². The molecule has 0 amide bonds.